The third-order valence-corrected chi connectivity index (χ3v) is 4.05. The third kappa shape index (κ3) is 3.17. The predicted octanol–water partition coefficient (Wildman–Crippen LogP) is 5.77. The van der Waals surface area contributed by atoms with Crippen molar-refractivity contribution in [1.82, 2.24) is 0 Å². The fourth-order valence-corrected chi connectivity index (χ4v) is 2.73. The van der Waals surface area contributed by atoms with Gasteiger partial charge in [0.2, 0.25) is 0 Å². The van der Waals surface area contributed by atoms with Crippen molar-refractivity contribution >= 4 is 38.5 Å². The Hall–Kier alpha value is -2.28. The van der Waals surface area contributed by atoms with Gasteiger partial charge in [-0.05, 0) is 43.3 Å². The first-order chi connectivity index (χ1) is 11.3. The number of nitrogens with one attached hydrogen (secondary N) is 1. The summed E-state index contributed by atoms with van der Waals surface area (Å²) < 4.78 is 44.6. The molecule has 1 amide bonds. The fourth-order valence-electron chi connectivity index (χ4n) is 2.37. The van der Waals surface area contributed by atoms with Crippen LogP contribution < -0.4 is 5.32 Å². The molecular formula is C17H11BrF3NO2. The molecule has 0 aliphatic carbocycles. The highest BCUT2D eigenvalue weighted by molar-refractivity contribution is 9.10. The van der Waals surface area contributed by atoms with Crippen molar-refractivity contribution < 1.29 is 22.4 Å². The first-order valence-corrected chi connectivity index (χ1v) is 7.72. The minimum absolute atomic E-state index is 0.0517. The number of anilines is 1. The van der Waals surface area contributed by atoms with Crippen molar-refractivity contribution in [3.63, 3.8) is 0 Å². The molecule has 124 valence electrons. The van der Waals surface area contributed by atoms with E-state index in [9.17, 15) is 18.0 Å². The van der Waals surface area contributed by atoms with E-state index in [1.165, 1.54) is 12.1 Å². The summed E-state index contributed by atoms with van der Waals surface area (Å²) in [6.45, 7) is 1.72. The number of halogens is 4. The van der Waals surface area contributed by atoms with E-state index in [1.807, 2.05) is 6.07 Å². The van der Waals surface area contributed by atoms with Crippen molar-refractivity contribution in [3.05, 3.63) is 63.8 Å². The molecule has 0 aliphatic heterocycles. The molecule has 0 atom stereocenters. The molecule has 0 fully saturated rings. The summed E-state index contributed by atoms with van der Waals surface area (Å²) in [6.07, 6.45) is -4.47. The SMILES string of the molecule is Cc1c(C(=O)Nc2cccc(C(F)(F)F)c2)oc2ccc(Br)cc12. The Bertz CT molecular complexity index is 931. The zero-order chi connectivity index (χ0) is 17.5. The quantitative estimate of drug-likeness (QED) is 0.595. The average molecular weight is 398 g/mol. The van der Waals surface area contributed by atoms with Crippen LogP contribution in [0.15, 0.2) is 51.4 Å². The molecule has 0 unspecified atom stereocenters. The van der Waals surface area contributed by atoms with Gasteiger partial charge in [0.05, 0.1) is 5.56 Å². The largest absolute Gasteiger partial charge is 0.451 e. The number of aryl methyl sites for hydroxylation is 1. The molecule has 24 heavy (non-hydrogen) atoms. The molecule has 0 spiro atoms. The number of rotatable bonds is 2. The van der Waals surface area contributed by atoms with Crippen LogP contribution in [0.1, 0.15) is 21.7 Å². The van der Waals surface area contributed by atoms with Gasteiger partial charge < -0.3 is 9.73 Å². The third-order valence-electron chi connectivity index (χ3n) is 3.55. The molecule has 2 aromatic carbocycles. The zero-order valence-corrected chi connectivity index (χ0v) is 14.0. The molecule has 0 bridgehead atoms. The Morgan fingerprint density at radius 2 is 1.92 bits per heavy atom. The zero-order valence-electron chi connectivity index (χ0n) is 12.4. The average Bonchev–Trinajstić information content (AvgIpc) is 2.84. The van der Waals surface area contributed by atoms with Crippen LogP contribution >= 0.6 is 15.9 Å². The topological polar surface area (TPSA) is 42.2 Å². The summed E-state index contributed by atoms with van der Waals surface area (Å²) in [5, 5.41) is 3.21. The van der Waals surface area contributed by atoms with Gasteiger partial charge >= 0.3 is 6.18 Å². The summed E-state index contributed by atoms with van der Waals surface area (Å²) in [5.74, 6) is -0.528. The van der Waals surface area contributed by atoms with Gasteiger partial charge in [-0.2, -0.15) is 13.2 Å². The second-order valence-corrected chi connectivity index (χ2v) is 6.15. The summed E-state index contributed by atoms with van der Waals surface area (Å²) in [6, 6.07) is 9.76. The van der Waals surface area contributed by atoms with Crippen LogP contribution in [0, 0.1) is 6.92 Å². The maximum absolute atomic E-state index is 12.7. The number of benzene rings is 2. The lowest BCUT2D eigenvalue weighted by molar-refractivity contribution is -0.137. The molecule has 1 aromatic heterocycles. The van der Waals surface area contributed by atoms with E-state index in [0.29, 0.717) is 11.1 Å². The van der Waals surface area contributed by atoms with Gasteiger partial charge in [0, 0.05) is 21.1 Å². The van der Waals surface area contributed by atoms with Gasteiger partial charge in [0.25, 0.3) is 5.91 Å². The predicted molar refractivity (Wildman–Crippen MR) is 88.0 cm³/mol. The van der Waals surface area contributed by atoms with Gasteiger partial charge in [-0.3, -0.25) is 4.79 Å². The van der Waals surface area contributed by atoms with Gasteiger partial charge in [0.1, 0.15) is 5.58 Å². The number of fused-ring (bicyclic) bond motifs is 1. The van der Waals surface area contributed by atoms with Gasteiger partial charge in [-0.25, -0.2) is 0 Å². The lowest BCUT2D eigenvalue weighted by atomic mass is 10.1. The Morgan fingerprint density at radius 3 is 2.62 bits per heavy atom. The van der Waals surface area contributed by atoms with E-state index in [1.54, 1.807) is 19.1 Å². The maximum atomic E-state index is 12.7. The second-order valence-electron chi connectivity index (χ2n) is 5.23. The molecule has 3 aromatic rings. The highest BCUT2D eigenvalue weighted by Gasteiger charge is 2.30. The highest BCUT2D eigenvalue weighted by Crippen LogP contribution is 2.31. The number of amides is 1. The van der Waals surface area contributed by atoms with Gasteiger partial charge in [-0.15, -0.1) is 0 Å². The normalized spacial score (nSPS) is 11.7. The van der Waals surface area contributed by atoms with Gasteiger partial charge in [0.15, 0.2) is 5.76 Å². The standard InChI is InChI=1S/C17H11BrF3NO2/c1-9-13-8-11(18)5-6-14(13)24-15(9)16(23)22-12-4-2-3-10(7-12)17(19,20)21/h2-8H,1H3,(H,22,23). The van der Waals surface area contributed by atoms with Crippen LogP contribution in [0.5, 0.6) is 0 Å². The summed E-state index contributed by atoms with van der Waals surface area (Å²) >= 11 is 3.34. The first-order valence-electron chi connectivity index (χ1n) is 6.93. The van der Waals surface area contributed by atoms with E-state index in [4.69, 9.17) is 4.42 Å². The lowest BCUT2D eigenvalue weighted by Crippen LogP contribution is -2.13. The molecule has 3 rings (SSSR count). The molecule has 1 heterocycles. The Morgan fingerprint density at radius 1 is 1.17 bits per heavy atom. The molecule has 0 saturated heterocycles. The van der Waals surface area contributed by atoms with E-state index in [2.05, 4.69) is 21.2 Å². The van der Waals surface area contributed by atoms with Crippen molar-refractivity contribution in [2.24, 2.45) is 0 Å². The fraction of sp³-hybridized carbons (Fsp3) is 0.118. The number of hydrogen-bond acceptors (Lipinski definition) is 2. The van der Waals surface area contributed by atoms with Crippen LogP contribution in [0.4, 0.5) is 18.9 Å². The van der Waals surface area contributed by atoms with Crippen molar-refractivity contribution in [1.29, 1.82) is 0 Å². The second kappa shape index (κ2) is 5.98. The van der Waals surface area contributed by atoms with Crippen molar-refractivity contribution in [2.75, 3.05) is 5.32 Å². The van der Waals surface area contributed by atoms with E-state index in [0.717, 1.165) is 22.0 Å². The number of carbonyl (C=O) groups excluding carboxylic acids is 1. The van der Waals surface area contributed by atoms with E-state index in [-0.39, 0.29) is 11.4 Å². The molecule has 0 aliphatic rings. The van der Waals surface area contributed by atoms with Crippen LogP contribution in [-0.2, 0) is 6.18 Å². The molecule has 7 heteroatoms. The monoisotopic (exact) mass is 397 g/mol. The minimum atomic E-state index is -4.47. The Labute approximate surface area is 143 Å². The van der Waals surface area contributed by atoms with Crippen LogP contribution in [-0.4, -0.2) is 5.91 Å². The summed E-state index contributed by atoms with van der Waals surface area (Å²) in [4.78, 5) is 12.4. The minimum Gasteiger partial charge on any atom is -0.451 e. The molecule has 0 saturated carbocycles. The van der Waals surface area contributed by atoms with Crippen LogP contribution in [0.2, 0.25) is 0 Å². The lowest BCUT2D eigenvalue weighted by Gasteiger charge is -2.09. The molecule has 1 N–H and O–H groups in total. The maximum Gasteiger partial charge on any atom is 0.416 e. The summed E-state index contributed by atoms with van der Waals surface area (Å²) in [5.41, 5.74) is 0.377. The van der Waals surface area contributed by atoms with Crippen LogP contribution in [0.25, 0.3) is 11.0 Å². The number of hydrogen-bond donors (Lipinski definition) is 1. The Balaban J connectivity index is 1.92. The first kappa shape index (κ1) is 16.6. The molecule has 0 radical (unpaired) electrons. The van der Waals surface area contributed by atoms with Crippen LogP contribution in [0.3, 0.4) is 0 Å². The number of alkyl halides is 3. The number of furan rings is 1. The Kier molecular flexibility index (Phi) is 4.13. The van der Waals surface area contributed by atoms with E-state index >= 15 is 0 Å². The molecular weight excluding hydrogens is 387 g/mol. The number of carbonyl (C=O) groups is 1. The highest BCUT2D eigenvalue weighted by atomic mass is 79.9. The van der Waals surface area contributed by atoms with Crippen molar-refractivity contribution in [3.8, 4) is 0 Å². The molecule has 3 nitrogen and oxygen atoms in total. The van der Waals surface area contributed by atoms with Crippen molar-refractivity contribution in [2.45, 2.75) is 13.1 Å². The van der Waals surface area contributed by atoms with Gasteiger partial charge in [-0.1, -0.05) is 22.0 Å². The smallest absolute Gasteiger partial charge is 0.416 e. The summed E-state index contributed by atoms with van der Waals surface area (Å²) in [7, 11) is 0. The van der Waals surface area contributed by atoms with E-state index < -0.39 is 17.6 Å².